The quantitative estimate of drug-likeness (QED) is 0.686. The van der Waals surface area contributed by atoms with E-state index in [1.165, 1.54) is 22.9 Å². The van der Waals surface area contributed by atoms with E-state index in [-0.39, 0.29) is 11.3 Å². The Bertz CT molecular complexity index is 362. The first-order valence-corrected chi connectivity index (χ1v) is 5.45. The van der Waals surface area contributed by atoms with Crippen LogP contribution in [-0.4, -0.2) is 21.9 Å². The molecule has 0 bridgehead atoms. The number of amides is 1. The lowest BCUT2D eigenvalue weighted by atomic mass is 10.1. The summed E-state index contributed by atoms with van der Waals surface area (Å²) >= 11 is 1.48. The molecule has 0 spiro atoms. The van der Waals surface area contributed by atoms with Crippen molar-refractivity contribution in [3.8, 4) is 0 Å². The van der Waals surface area contributed by atoms with E-state index in [0.717, 1.165) is 0 Å². The average Bonchev–Trinajstić information content (AvgIpc) is 2.18. The molecule has 2 aliphatic heterocycles. The Morgan fingerprint density at radius 2 is 2.27 bits per heavy atom. The standard InChI is InChI=1S/C9H8F3NOS/c10-6(9(11)12)1-5-3-13-7(14)2-8(13)15-4-5/h3,8H,1-2,4H2/t8-/m0/s1. The van der Waals surface area contributed by atoms with Gasteiger partial charge in [-0.1, -0.05) is 0 Å². The molecule has 2 nitrogen and oxygen atoms in total. The van der Waals surface area contributed by atoms with Gasteiger partial charge in [-0.2, -0.15) is 8.78 Å². The van der Waals surface area contributed by atoms with Crippen molar-refractivity contribution in [2.45, 2.75) is 18.2 Å². The molecule has 0 radical (unpaired) electrons. The van der Waals surface area contributed by atoms with Gasteiger partial charge in [-0.25, -0.2) is 4.39 Å². The highest BCUT2D eigenvalue weighted by Gasteiger charge is 2.37. The lowest BCUT2D eigenvalue weighted by molar-refractivity contribution is -0.137. The van der Waals surface area contributed by atoms with Crippen molar-refractivity contribution >= 4 is 17.7 Å². The molecule has 0 N–H and O–H groups in total. The second-order valence-corrected chi connectivity index (χ2v) is 4.57. The number of nitrogens with zero attached hydrogens (tertiary/aromatic N) is 1. The first-order valence-electron chi connectivity index (χ1n) is 4.40. The van der Waals surface area contributed by atoms with E-state index < -0.39 is 18.3 Å². The monoisotopic (exact) mass is 235 g/mol. The van der Waals surface area contributed by atoms with Gasteiger partial charge in [0.1, 0.15) is 0 Å². The molecule has 0 aliphatic carbocycles. The first-order chi connectivity index (χ1) is 7.08. The average molecular weight is 235 g/mol. The van der Waals surface area contributed by atoms with E-state index in [1.54, 1.807) is 0 Å². The molecule has 0 saturated carbocycles. The van der Waals surface area contributed by atoms with Gasteiger partial charge in [0.05, 0.1) is 11.8 Å². The number of rotatable bonds is 2. The molecule has 0 unspecified atom stereocenters. The van der Waals surface area contributed by atoms with Gasteiger partial charge in [-0.05, 0) is 5.57 Å². The van der Waals surface area contributed by atoms with Gasteiger partial charge in [0, 0.05) is 18.4 Å². The van der Waals surface area contributed by atoms with E-state index in [4.69, 9.17) is 0 Å². The van der Waals surface area contributed by atoms with Gasteiger partial charge in [0.25, 0.3) is 0 Å². The highest BCUT2D eigenvalue weighted by molar-refractivity contribution is 8.00. The third-order valence-electron chi connectivity index (χ3n) is 2.32. The molecule has 2 heterocycles. The lowest BCUT2D eigenvalue weighted by Crippen LogP contribution is -2.49. The Labute approximate surface area is 88.8 Å². The molecule has 1 atom stereocenters. The zero-order valence-electron chi connectivity index (χ0n) is 7.67. The smallest absolute Gasteiger partial charge is 0.301 e. The Morgan fingerprint density at radius 3 is 2.87 bits per heavy atom. The Hall–Kier alpha value is -0.910. The van der Waals surface area contributed by atoms with E-state index in [1.807, 2.05) is 0 Å². The summed E-state index contributed by atoms with van der Waals surface area (Å²) in [4.78, 5) is 12.5. The summed E-state index contributed by atoms with van der Waals surface area (Å²) in [5.74, 6) is -0.933. The number of hydrogen-bond donors (Lipinski definition) is 0. The third kappa shape index (κ3) is 2.04. The van der Waals surface area contributed by atoms with E-state index in [0.29, 0.717) is 17.7 Å². The lowest BCUT2D eigenvalue weighted by Gasteiger charge is -2.41. The van der Waals surface area contributed by atoms with Gasteiger partial charge < -0.3 is 4.90 Å². The highest BCUT2D eigenvalue weighted by atomic mass is 32.2. The van der Waals surface area contributed by atoms with Crippen LogP contribution in [0.3, 0.4) is 0 Å². The summed E-state index contributed by atoms with van der Waals surface area (Å²) < 4.78 is 36.3. The SMILES string of the molecule is O=C1C[C@@H]2SCC(CC(F)=C(F)F)=CN12. The maximum Gasteiger partial charge on any atom is 0.301 e. The number of fused-ring (bicyclic) bond motifs is 1. The molecule has 0 aromatic heterocycles. The second-order valence-electron chi connectivity index (χ2n) is 3.40. The minimum atomic E-state index is -2.28. The van der Waals surface area contributed by atoms with Gasteiger partial charge in [-0.3, -0.25) is 4.79 Å². The van der Waals surface area contributed by atoms with Crippen LogP contribution in [-0.2, 0) is 4.79 Å². The van der Waals surface area contributed by atoms with Crippen molar-refractivity contribution in [1.82, 2.24) is 4.90 Å². The molecule has 0 aromatic carbocycles. The molecule has 0 aromatic rings. The van der Waals surface area contributed by atoms with Crippen LogP contribution in [0.4, 0.5) is 13.2 Å². The normalized spacial score (nSPS) is 24.2. The molecule has 15 heavy (non-hydrogen) atoms. The van der Waals surface area contributed by atoms with Crippen molar-refractivity contribution in [2.75, 3.05) is 5.75 Å². The van der Waals surface area contributed by atoms with Crippen molar-refractivity contribution in [3.05, 3.63) is 23.7 Å². The maximum absolute atomic E-state index is 12.6. The maximum atomic E-state index is 12.6. The van der Waals surface area contributed by atoms with Crippen LogP contribution in [0.15, 0.2) is 23.7 Å². The molecule has 2 aliphatic rings. The fourth-order valence-corrected chi connectivity index (χ4v) is 2.68. The van der Waals surface area contributed by atoms with Crippen LogP contribution in [0, 0.1) is 0 Å². The number of carbonyl (C=O) groups is 1. The highest BCUT2D eigenvalue weighted by Crippen LogP contribution is 2.37. The molecule has 1 saturated heterocycles. The molecule has 6 heteroatoms. The van der Waals surface area contributed by atoms with E-state index in [9.17, 15) is 18.0 Å². The topological polar surface area (TPSA) is 20.3 Å². The minimum Gasteiger partial charge on any atom is -0.306 e. The molecular weight excluding hydrogens is 227 g/mol. The largest absolute Gasteiger partial charge is 0.306 e. The zero-order chi connectivity index (χ0) is 11.0. The van der Waals surface area contributed by atoms with E-state index >= 15 is 0 Å². The van der Waals surface area contributed by atoms with Crippen LogP contribution >= 0.6 is 11.8 Å². The van der Waals surface area contributed by atoms with Crippen LogP contribution in [0.1, 0.15) is 12.8 Å². The van der Waals surface area contributed by atoms with Gasteiger partial charge in [-0.15, -0.1) is 11.8 Å². The van der Waals surface area contributed by atoms with Gasteiger partial charge in [0.15, 0.2) is 5.83 Å². The van der Waals surface area contributed by atoms with Crippen LogP contribution in [0.25, 0.3) is 0 Å². The van der Waals surface area contributed by atoms with Crippen molar-refractivity contribution in [2.24, 2.45) is 0 Å². The van der Waals surface area contributed by atoms with E-state index in [2.05, 4.69) is 0 Å². The summed E-state index contributed by atoms with van der Waals surface area (Å²) in [5, 5.41) is 0.128. The second kappa shape index (κ2) is 3.92. The number of β-lactam (4-membered cyclic amide) rings is 1. The number of allylic oxidation sites excluding steroid dienone is 1. The number of carbonyl (C=O) groups excluding carboxylic acids is 1. The summed E-state index contributed by atoms with van der Waals surface area (Å²) in [6.07, 6.45) is -0.691. The van der Waals surface area contributed by atoms with Crippen LogP contribution in [0.5, 0.6) is 0 Å². The van der Waals surface area contributed by atoms with Crippen molar-refractivity contribution in [1.29, 1.82) is 0 Å². The Kier molecular flexibility index (Phi) is 2.77. The zero-order valence-corrected chi connectivity index (χ0v) is 8.49. The minimum absolute atomic E-state index is 0.0326. The molecular formula is C9H8F3NOS. The summed E-state index contributed by atoms with van der Waals surface area (Å²) in [6, 6.07) is 0. The molecule has 2 rings (SSSR count). The first kappa shape index (κ1) is 10.6. The number of halogens is 3. The fraction of sp³-hybridized carbons (Fsp3) is 0.444. The molecule has 82 valence electrons. The Morgan fingerprint density at radius 1 is 1.53 bits per heavy atom. The Balaban J connectivity index is 2.05. The molecule has 1 fully saturated rings. The number of hydrogen-bond acceptors (Lipinski definition) is 2. The van der Waals surface area contributed by atoms with Gasteiger partial charge >= 0.3 is 6.08 Å². The van der Waals surface area contributed by atoms with Crippen LogP contribution in [0.2, 0.25) is 0 Å². The van der Waals surface area contributed by atoms with Crippen molar-refractivity contribution in [3.63, 3.8) is 0 Å². The van der Waals surface area contributed by atoms with Gasteiger partial charge in [0.2, 0.25) is 5.91 Å². The number of thioether (sulfide) groups is 1. The fourth-order valence-electron chi connectivity index (χ4n) is 1.50. The van der Waals surface area contributed by atoms with Crippen LogP contribution < -0.4 is 0 Å². The predicted octanol–water partition coefficient (Wildman–Crippen LogP) is 2.64. The summed E-state index contributed by atoms with van der Waals surface area (Å²) in [7, 11) is 0. The molecule has 1 amide bonds. The predicted molar refractivity (Wildman–Crippen MR) is 50.8 cm³/mol. The summed E-state index contributed by atoms with van der Waals surface area (Å²) in [5.41, 5.74) is 0.523. The third-order valence-corrected chi connectivity index (χ3v) is 3.63. The summed E-state index contributed by atoms with van der Waals surface area (Å²) in [6.45, 7) is 0. The van der Waals surface area contributed by atoms with Crippen molar-refractivity contribution < 1.29 is 18.0 Å².